The topological polar surface area (TPSA) is 33.7 Å². The fourth-order valence-corrected chi connectivity index (χ4v) is 3.55. The van der Waals surface area contributed by atoms with Gasteiger partial charge in [0, 0.05) is 37.8 Å². The van der Waals surface area contributed by atoms with E-state index in [1.54, 1.807) is 14.2 Å². The summed E-state index contributed by atoms with van der Waals surface area (Å²) in [4.78, 5) is 2.57. The van der Waals surface area contributed by atoms with Gasteiger partial charge >= 0.3 is 0 Å². The lowest BCUT2D eigenvalue weighted by molar-refractivity contribution is 0.160. The zero-order chi connectivity index (χ0) is 15.9. The number of piperazine rings is 1. The first-order valence-corrected chi connectivity index (χ1v) is 8.86. The summed E-state index contributed by atoms with van der Waals surface area (Å²) in [6.07, 6.45) is 3.58. The average Bonchev–Trinajstić information content (AvgIpc) is 2.56. The molecule has 0 saturated carbocycles. The second kappa shape index (κ2) is 12.2. The zero-order valence-electron chi connectivity index (χ0n) is 14.6. The lowest BCUT2D eigenvalue weighted by atomic mass is 9.97. The number of nitrogens with zero attached hydrogens (tertiary/aromatic N) is 1. The molecule has 1 fully saturated rings. The molecule has 0 bridgehead atoms. The summed E-state index contributed by atoms with van der Waals surface area (Å²) >= 11 is 3.55. The molecule has 0 spiro atoms. The predicted octanol–water partition coefficient (Wildman–Crippen LogP) is 4.45. The maximum absolute atomic E-state index is 5.65. The van der Waals surface area contributed by atoms with Crippen LogP contribution in [-0.2, 0) is 0 Å². The highest BCUT2D eigenvalue weighted by Crippen LogP contribution is 2.39. The molecule has 7 heteroatoms. The largest absolute Gasteiger partial charge is 0.496 e. The predicted molar refractivity (Wildman–Crippen MR) is 108 cm³/mol. The lowest BCUT2D eigenvalue weighted by Crippen LogP contribution is -2.45. The molecule has 0 aromatic heterocycles. The van der Waals surface area contributed by atoms with Gasteiger partial charge < -0.3 is 14.8 Å². The molecule has 1 aromatic carbocycles. The quantitative estimate of drug-likeness (QED) is 0.674. The molecule has 24 heavy (non-hydrogen) atoms. The molecule has 0 unspecified atom stereocenters. The van der Waals surface area contributed by atoms with Crippen LogP contribution in [0.25, 0.3) is 0 Å². The summed E-state index contributed by atoms with van der Waals surface area (Å²) in [6, 6.07) is 4.54. The van der Waals surface area contributed by atoms with Crippen LogP contribution < -0.4 is 14.8 Å². The summed E-state index contributed by atoms with van der Waals surface area (Å²) in [5.74, 6) is 1.81. The van der Waals surface area contributed by atoms with E-state index in [0.717, 1.165) is 48.6 Å². The number of hydrogen-bond donors (Lipinski definition) is 1. The Labute approximate surface area is 166 Å². The van der Waals surface area contributed by atoms with Crippen molar-refractivity contribution in [1.82, 2.24) is 10.2 Å². The third-order valence-corrected chi connectivity index (χ3v) is 4.91. The van der Waals surface area contributed by atoms with Crippen molar-refractivity contribution in [1.29, 1.82) is 0 Å². The van der Waals surface area contributed by atoms with Crippen LogP contribution in [-0.4, -0.2) is 45.3 Å². The number of unbranched alkanes of at least 4 members (excludes halogenated alkanes) is 1. The third kappa shape index (κ3) is 5.95. The van der Waals surface area contributed by atoms with Crippen LogP contribution in [0.5, 0.6) is 11.5 Å². The fourth-order valence-electron chi connectivity index (χ4n) is 3.07. The van der Waals surface area contributed by atoms with E-state index < -0.39 is 0 Å². The first-order chi connectivity index (χ1) is 10.7. The molecule has 2 rings (SSSR count). The summed E-state index contributed by atoms with van der Waals surface area (Å²) in [5.41, 5.74) is 1.23. The van der Waals surface area contributed by atoms with Crippen molar-refractivity contribution < 1.29 is 9.47 Å². The van der Waals surface area contributed by atoms with Gasteiger partial charge in [0.25, 0.3) is 0 Å². The van der Waals surface area contributed by atoms with Crippen molar-refractivity contribution in [3.63, 3.8) is 0 Å². The molecule has 1 N–H and O–H groups in total. The van der Waals surface area contributed by atoms with Gasteiger partial charge in [-0.15, -0.1) is 24.8 Å². The Kier molecular flexibility index (Phi) is 12.1. The van der Waals surface area contributed by atoms with Crippen LogP contribution in [0.15, 0.2) is 16.6 Å². The van der Waals surface area contributed by atoms with E-state index in [9.17, 15) is 0 Å². The van der Waals surface area contributed by atoms with E-state index in [2.05, 4.69) is 39.1 Å². The Balaban J connectivity index is 0.00000264. The number of benzene rings is 1. The lowest BCUT2D eigenvalue weighted by Gasteiger charge is -2.36. The second-order valence-electron chi connectivity index (χ2n) is 5.67. The third-order valence-electron chi connectivity index (χ3n) is 4.29. The number of methoxy groups -OCH3 is 2. The molecule has 4 nitrogen and oxygen atoms in total. The molecule has 0 aliphatic carbocycles. The van der Waals surface area contributed by atoms with Crippen molar-refractivity contribution >= 4 is 40.7 Å². The van der Waals surface area contributed by atoms with Gasteiger partial charge in [0.1, 0.15) is 11.5 Å². The van der Waals surface area contributed by atoms with Crippen molar-refractivity contribution in [2.45, 2.75) is 32.2 Å². The molecule has 1 aliphatic heterocycles. The van der Waals surface area contributed by atoms with Crippen LogP contribution in [0.1, 0.15) is 37.8 Å². The minimum absolute atomic E-state index is 0. The SMILES string of the molecule is CCCC[C@H](c1cc(OC)c(Br)cc1OC)N1CCNCC1.Cl.Cl. The van der Waals surface area contributed by atoms with Crippen LogP contribution >= 0.6 is 40.7 Å². The molecular formula is C17H29BrCl2N2O2. The zero-order valence-corrected chi connectivity index (χ0v) is 17.9. The van der Waals surface area contributed by atoms with E-state index in [1.165, 1.54) is 18.4 Å². The second-order valence-corrected chi connectivity index (χ2v) is 6.53. The Morgan fingerprint density at radius 2 is 1.75 bits per heavy atom. The van der Waals surface area contributed by atoms with E-state index in [-0.39, 0.29) is 24.8 Å². The first kappa shape index (κ1) is 23.8. The summed E-state index contributed by atoms with van der Waals surface area (Å²) < 4.78 is 12.1. The van der Waals surface area contributed by atoms with E-state index in [0.29, 0.717) is 6.04 Å². The summed E-state index contributed by atoms with van der Waals surface area (Å²) in [6.45, 7) is 6.51. The number of nitrogens with one attached hydrogen (secondary N) is 1. The number of ether oxygens (including phenoxy) is 2. The maximum Gasteiger partial charge on any atom is 0.133 e. The highest BCUT2D eigenvalue weighted by molar-refractivity contribution is 9.10. The Hall–Kier alpha value is -0.200. The molecule has 1 atom stereocenters. The van der Waals surface area contributed by atoms with Crippen LogP contribution in [0.3, 0.4) is 0 Å². The molecule has 1 aliphatic rings. The van der Waals surface area contributed by atoms with Gasteiger partial charge in [-0.25, -0.2) is 0 Å². The van der Waals surface area contributed by atoms with Crippen LogP contribution in [0.4, 0.5) is 0 Å². The van der Waals surface area contributed by atoms with Crippen molar-refractivity contribution in [3.05, 3.63) is 22.2 Å². The highest BCUT2D eigenvalue weighted by Gasteiger charge is 2.25. The Morgan fingerprint density at radius 1 is 1.12 bits per heavy atom. The molecular weight excluding hydrogens is 415 g/mol. The van der Waals surface area contributed by atoms with Gasteiger partial charge in [-0.1, -0.05) is 19.8 Å². The van der Waals surface area contributed by atoms with Gasteiger partial charge in [-0.3, -0.25) is 4.90 Å². The van der Waals surface area contributed by atoms with E-state index in [4.69, 9.17) is 9.47 Å². The van der Waals surface area contributed by atoms with Crippen LogP contribution in [0, 0.1) is 0 Å². The molecule has 1 aromatic rings. The molecule has 0 radical (unpaired) electrons. The number of hydrogen-bond acceptors (Lipinski definition) is 4. The van der Waals surface area contributed by atoms with Crippen molar-refractivity contribution in [3.8, 4) is 11.5 Å². The minimum Gasteiger partial charge on any atom is -0.496 e. The monoisotopic (exact) mass is 442 g/mol. The van der Waals surface area contributed by atoms with E-state index in [1.807, 2.05) is 6.07 Å². The minimum atomic E-state index is 0. The van der Waals surface area contributed by atoms with Crippen molar-refractivity contribution in [2.75, 3.05) is 40.4 Å². The number of halogens is 3. The first-order valence-electron chi connectivity index (χ1n) is 8.07. The Bertz CT molecular complexity index is 486. The Morgan fingerprint density at radius 3 is 2.29 bits per heavy atom. The maximum atomic E-state index is 5.65. The standard InChI is InChI=1S/C17H27BrN2O2.2ClH/c1-4-5-6-15(20-9-7-19-8-10-20)13-11-17(22-3)14(18)12-16(13)21-2;;/h11-12,15,19H,4-10H2,1-3H3;2*1H/t15-;;/m1../s1. The molecule has 140 valence electrons. The highest BCUT2D eigenvalue weighted by atomic mass is 79.9. The van der Waals surface area contributed by atoms with Gasteiger partial charge in [0.15, 0.2) is 0 Å². The van der Waals surface area contributed by atoms with Crippen molar-refractivity contribution in [2.24, 2.45) is 0 Å². The molecule has 0 amide bonds. The average molecular weight is 444 g/mol. The summed E-state index contributed by atoms with van der Waals surface area (Å²) in [7, 11) is 3.45. The molecule has 1 heterocycles. The van der Waals surface area contributed by atoms with E-state index >= 15 is 0 Å². The van der Waals surface area contributed by atoms with Gasteiger partial charge in [-0.05, 0) is 34.5 Å². The normalized spacial score (nSPS) is 15.8. The van der Waals surface area contributed by atoms with Gasteiger partial charge in [0.05, 0.1) is 18.7 Å². The smallest absolute Gasteiger partial charge is 0.133 e. The molecule has 1 saturated heterocycles. The van der Waals surface area contributed by atoms with Gasteiger partial charge in [0.2, 0.25) is 0 Å². The van der Waals surface area contributed by atoms with Crippen LogP contribution in [0.2, 0.25) is 0 Å². The fraction of sp³-hybridized carbons (Fsp3) is 0.647. The van der Waals surface area contributed by atoms with Gasteiger partial charge in [-0.2, -0.15) is 0 Å². The number of rotatable bonds is 7. The summed E-state index contributed by atoms with van der Waals surface area (Å²) in [5, 5.41) is 3.43.